The van der Waals surface area contributed by atoms with Gasteiger partial charge in [0.1, 0.15) is 0 Å². The molecule has 1 aromatic carbocycles. The molecule has 2 N–H and O–H groups in total. The molecule has 0 aliphatic carbocycles. The van der Waals surface area contributed by atoms with E-state index in [1.54, 1.807) is 6.08 Å². The number of aliphatic hydroxyl groups is 1. The molecule has 88 valence electrons. The second-order valence-corrected chi connectivity index (χ2v) is 3.95. The second-order valence-electron chi connectivity index (χ2n) is 3.95. The minimum Gasteiger partial charge on any atom is -0.387 e. The van der Waals surface area contributed by atoms with E-state index in [9.17, 15) is 5.11 Å². The Kier molecular flexibility index (Phi) is 5.02. The molecule has 0 amide bonds. The second kappa shape index (κ2) is 6.30. The van der Waals surface area contributed by atoms with Crippen molar-refractivity contribution in [3.05, 3.63) is 42.5 Å². The van der Waals surface area contributed by atoms with Crippen LogP contribution in [-0.4, -0.2) is 32.3 Å². The van der Waals surface area contributed by atoms with E-state index in [-0.39, 0.29) is 0 Å². The predicted molar refractivity (Wildman–Crippen MR) is 68.8 cm³/mol. The molecule has 3 nitrogen and oxygen atoms in total. The molecule has 16 heavy (non-hydrogen) atoms. The summed E-state index contributed by atoms with van der Waals surface area (Å²) in [6.07, 6.45) is 1.32. The first-order chi connectivity index (χ1) is 7.65. The fourth-order valence-corrected chi connectivity index (χ4v) is 1.43. The van der Waals surface area contributed by atoms with Gasteiger partial charge in [0.25, 0.3) is 0 Å². The number of nitrogens with one attached hydrogen (secondary N) is 1. The summed E-state index contributed by atoms with van der Waals surface area (Å²) in [5.41, 5.74) is 2.07. The highest BCUT2D eigenvalue weighted by molar-refractivity contribution is 5.46. The van der Waals surface area contributed by atoms with Gasteiger partial charge in [0.05, 0.1) is 6.10 Å². The third-order valence-electron chi connectivity index (χ3n) is 2.42. The molecular formula is C13H20N2O. The van der Waals surface area contributed by atoms with Gasteiger partial charge in [-0.2, -0.15) is 0 Å². The lowest BCUT2D eigenvalue weighted by Crippen LogP contribution is -2.21. The van der Waals surface area contributed by atoms with Crippen LogP contribution in [0.4, 0.5) is 5.69 Å². The Morgan fingerprint density at radius 3 is 2.50 bits per heavy atom. The van der Waals surface area contributed by atoms with Crippen molar-refractivity contribution in [1.82, 2.24) is 5.32 Å². The summed E-state index contributed by atoms with van der Waals surface area (Å²) < 4.78 is 0. The molecule has 0 saturated heterocycles. The van der Waals surface area contributed by atoms with Crippen molar-refractivity contribution < 1.29 is 5.11 Å². The minimum atomic E-state index is -0.462. The molecule has 0 aliphatic heterocycles. The molecule has 1 atom stereocenters. The van der Waals surface area contributed by atoms with Crippen molar-refractivity contribution in [3.63, 3.8) is 0 Å². The number of rotatable bonds is 6. The van der Waals surface area contributed by atoms with Crippen molar-refractivity contribution in [1.29, 1.82) is 0 Å². The van der Waals surface area contributed by atoms with Gasteiger partial charge in [-0.1, -0.05) is 18.2 Å². The molecular weight excluding hydrogens is 200 g/mol. The molecule has 0 aromatic heterocycles. The Balaban J connectivity index is 2.55. The van der Waals surface area contributed by atoms with Gasteiger partial charge >= 0.3 is 0 Å². The van der Waals surface area contributed by atoms with E-state index < -0.39 is 6.10 Å². The molecule has 0 saturated carbocycles. The van der Waals surface area contributed by atoms with Crippen LogP contribution in [0.2, 0.25) is 0 Å². The number of benzene rings is 1. The van der Waals surface area contributed by atoms with Crippen molar-refractivity contribution in [3.8, 4) is 0 Å². The Hall–Kier alpha value is -1.32. The standard InChI is InChI=1S/C13H20N2O/c1-4-9-14-10-13(16)11-5-7-12(8-6-11)15(2)3/h4-8,13-14,16H,1,9-10H2,2-3H3. The van der Waals surface area contributed by atoms with Crippen molar-refractivity contribution in [2.75, 3.05) is 32.1 Å². The van der Waals surface area contributed by atoms with Gasteiger partial charge in [-0.15, -0.1) is 6.58 Å². The van der Waals surface area contributed by atoms with E-state index in [0.29, 0.717) is 13.1 Å². The van der Waals surface area contributed by atoms with E-state index in [0.717, 1.165) is 11.3 Å². The number of hydrogen-bond acceptors (Lipinski definition) is 3. The van der Waals surface area contributed by atoms with Crippen LogP contribution in [0, 0.1) is 0 Å². The number of nitrogens with zero attached hydrogens (tertiary/aromatic N) is 1. The first-order valence-corrected chi connectivity index (χ1v) is 5.42. The molecule has 0 bridgehead atoms. The fraction of sp³-hybridized carbons (Fsp3) is 0.385. The zero-order valence-corrected chi connectivity index (χ0v) is 9.98. The van der Waals surface area contributed by atoms with Gasteiger partial charge in [-0.05, 0) is 17.7 Å². The lowest BCUT2D eigenvalue weighted by Gasteiger charge is -2.15. The first kappa shape index (κ1) is 12.7. The maximum absolute atomic E-state index is 9.87. The fourth-order valence-electron chi connectivity index (χ4n) is 1.43. The summed E-state index contributed by atoms with van der Waals surface area (Å²) in [7, 11) is 3.99. The number of hydrogen-bond donors (Lipinski definition) is 2. The molecule has 0 spiro atoms. The van der Waals surface area contributed by atoms with E-state index in [4.69, 9.17) is 0 Å². The van der Waals surface area contributed by atoms with Crippen LogP contribution in [-0.2, 0) is 0 Å². The van der Waals surface area contributed by atoms with E-state index >= 15 is 0 Å². The molecule has 1 rings (SSSR count). The molecule has 0 radical (unpaired) electrons. The third kappa shape index (κ3) is 3.68. The highest BCUT2D eigenvalue weighted by Gasteiger charge is 2.06. The maximum Gasteiger partial charge on any atom is 0.0914 e. The lowest BCUT2D eigenvalue weighted by molar-refractivity contribution is 0.176. The van der Waals surface area contributed by atoms with Crippen molar-refractivity contribution in [2.24, 2.45) is 0 Å². The molecule has 1 aromatic rings. The van der Waals surface area contributed by atoms with Crippen LogP contribution in [0.1, 0.15) is 11.7 Å². The highest BCUT2D eigenvalue weighted by atomic mass is 16.3. The zero-order valence-electron chi connectivity index (χ0n) is 9.98. The van der Waals surface area contributed by atoms with E-state index in [2.05, 4.69) is 11.9 Å². The van der Waals surface area contributed by atoms with Crippen molar-refractivity contribution in [2.45, 2.75) is 6.10 Å². The van der Waals surface area contributed by atoms with E-state index in [1.165, 1.54) is 0 Å². The van der Waals surface area contributed by atoms with E-state index in [1.807, 2.05) is 43.3 Å². The average molecular weight is 220 g/mol. The van der Waals surface area contributed by atoms with Crippen LogP contribution in [0.25, 0.3) is 0 Å². The molecule has 3 heteroatoms. The van der Waals surface area contributed by atoms with Crippen LogP contribution in [0.15, 0.2) is 36.9 Å². The molecule has 0 aliphatic rings. The van der Waals surface area contributed by atoms with Gasteiger partial charge in [0.15, 0.2) is 0 Å². The van der Waals surface area contributed by atoms with Gasteiger partial charge < -0.3 is 15.3 Å². The highest BCUT2D eigenvalue weighted by Crippen LogP contribution is 2.17. The van der Waals surface area contributed by atoms with Crippen LogP contribution >= 0.6 is 0 Å². The Labute approximate surface area is 97.4 Å². The van der Waals surface area contributed by atoms with Crippen LogP contribution < -0.4 is 10.2 Å². The summed E-state index contributed by atoms with van der Waals surface area (Å²) in [5.74, 6) is 0. The van der Waals surface area contributed by atoms with Gasteiger partial charge in [-0.25, -0.2) is 0 Å². The first-order valence-electron chi connectivity index (χ1n) is 5.42. The average Bonchev–Trinajstić information content (AvgIpc) is 2.29. The third-order valence-corrected chi connectivity index (χ3v) is 2.42. The zero-order chi connectivity index (χ0) is 12.0. The normalized spacial score (nSPS) is 12.2. The Morgan fingerprint density at radius 1 is 1.38 bits per heavy atom. The summed E-state index contributed by atoms with van der Waals surface area (Å²) >= 11 is 0. The summed E-state index contributed by atoms with van der Waals surface area (Å²) in [5, 5.41) is 13.0. The van der Waals surface area contributed by atoms with Gasteiger partial charge in [-0.3, -0.25) is 0 Å². The predicted octanol–water partition coefficient (Wildman–Crippen LogP) is 1.56. The van der Waals surface area contributed by atoms with Crippen molar-refractivity contribution >= 4 is 5.69 Å². The quantitative estimate of drug-likeness (QED) is 0.564. The van der Waals surface area contributed by atoms with Crippen LogP contribution in [0.3, 0.4) is 0 Å². The van der Waals surface area contributed by atoms with Crippen LogP contribution in [0.5, 0.6) is 0 Å². The monoisotopic (exact) mass is 220 g/mol. The smallest absolute Gasteiger partial charge is 0.0914 e. The Morgan fingerprint density at radius 2 is 2.00 bits per heavy atom. The number of anilines is 1. The maximum atomic E-state index is 9.87. The van der Waals surface area contributed by atoms with Gasteiger partial charge in [0.2, 0.25) is 0 Å². The SMILES string of the molecule is C=CCNCC(O)c1ccc(N(C)C)cc1. The number of aliphatic hydroxyl groups excluding tert-OH is 1. The summed E-state index contributed by atoms with van der Waals surface area (Å²) in [6.45, 7) is 4.88. The lowest BCUT2D eigenvalue weighted by atomic mass is 10.1. The Bertz CT molecular complexity index is 319. The minimum absolute atomic E-state index is 0.462. The largest absolute Gasteiger partial charge is 0.387 e. The molecule has 0 fully saturated rings. The summed E-state index contributed by atoms with van der Waals surface area (Å²) in [6, 6.07) is 7.92. The summed E-state index contributed by atoms with van der Waals surface area (Å²) in [4.78, 5) is 2.03. The molecule has 1 unspecified atom stereocenters. The molecule has 0 heterocycles. The topological polar surface area (TPSA) is 35.5 Å². The van der Waals surface area contributed by atoms with Gasteiger partial charge in [0, 0.05) is 32.9 Å².